The third-order valence-electron chi connectivity index (χ3n) is 0. The Morgan fingerprint density at radius 1 is 1.67 bits per heavy atom. The fourth-order valence-corrected chi connectivity index (χ4v) is 0. The Morgan fingerprint density at radius 3 is 1.67 bits per heavy atom. The zero-order valence-electron chi connectivity index (χ0n) is 5.59. The topological polar surface area (TPSA) is 113 Å². The van der Waals surface area contributed by atoms with E-state index in [0.717, 1.165) is 13.3 Å². The summed E-state index contributed by atoms with van der Waals surface area (Å²) in [5.41, 5.74) is 8.89. The van der Waals surface area contributed by atoms with E-state index in [1.54, 1.807) is 0 Å². The van der Waals surface area contributed by atoms with E-state index < -0.39 is 5.97 Å². The highest BCUT2D eigenvalue weighted by Crippen LogP contribution is 1.42. The number of nitrogens with one attached hydrogen (secondary N) is 1. The molecule has 0 aliphatic rings. The molecule has 0 aliphatic carbocycles. The normalized spacial score (nSPS) is 4.78. The van der Waals surface area contributed by atoms with E-state index in [0.29, 0.717) is 0 Å². The molecular formula is C4H13N3O2. The van der Waals surface area contributed by atoms with Crippen LogP contribution >= 0.6 is 0 Å². The molecule has 0 aromatic heterocycles. The number of carboxylic acid groups (broad SMARTS) is 1. The number of rotatable bonds is 0. The van der Waals surface area contributed by atoms with Gasteiger partial charge in [0.15, 0.2) is 0 Å². The number of hydrogen-bond donors (Lipinski definition) is 4. The number of carbonyl (C=O) groups is 1. The maximum Gasteiger partial charge on any atom is 0.300 e. The minimum Gasteiger partial charge on any atom is -0.481 e. The molecule has 0 aromatic carbocycles. The summed E-state index contributed by atoms with van der Waals surface area (Å²) in [6.07, 6.45) is 0.750. The van der Waals surface area contributed by atoms with Crippen molar-refractivity contribution in [1.29, 1.82) is 5.41 Å². The van der Waals surface area contributed by atoms with Crippen LogP contribution in [0, 0.1) is 5.41 Å². The van der Waals surface area contributed by atoms with E-state index in [1.807, 2.05) is 0 Å². The molecule has 56 valence electrons. The van der Waals surface area contributed by atoms with E-state index in [4.69, 9.17) is 15.3 Å². The van der Waals surface area contributed by atoms with Crippen LogP contribution in [-0.2, 0) is 4.79 Å². The number of hydrogen-bond acceptors (Lipinski definition) is 3. The largest absolute Gasteiger partial charge is 0.481 e. The molecule has 6 N–H and O–H groups in total. The fraction of sp³-hybridized carbons (Fsp3) is 0.500. The van der Waals surface area contributed by atoms with Crippen LogP contribution in [0.3, 0.4) is 0 Å². The van der Waals surface area contributed by atoms with Gasteiger partial charge in [-0.3, -0.25) is 10.2 Å². The van der Waals surface area contributed by atoms with Crippen LogP contribution in [0.4, 0.5) is 0 Å². The minimum atomic E-state index is -0.833. The standard InChI is InChI=1S/C2H4O2.CH4N2.CH5N/c1-2(3)4;2-1-3;1-2/h1H3,(H,3,4);1H,(H3,2,3);2H2,1H3. The molecule has 0 saturated carbocycles. The van der Waals surface area contributed by atoms with Crippen LogP contribution in [0.15, 0.2) is 0 Å². The van der Waals surface area contributed by atoms with Gasteiger partial charge in [0.1, 0.15) is 0 Å². The van der Waals surface area contributed by atoms with Crippen molar-refractivity contribution in [2.45, 2.75) is 6.92 Å². The van der Waals surface area contributed by atoms with Gasteiger partial charge in [-0.25, -0.2) is 0 Å². The van der Waals surface area contributed by atoms with Gasteiger partial charge < -0.3 is 16.6 Å². The third kappa shape index (κ3) is 137. The highest BCUT2D eigenvalue weighted by atomic mass is 16.4. The molecule has 5 nitrogen and oxygen atoms in total. The van der Waals surface area contributed by atoms with Crippen molar-refractivity contribution in [2.24, 2.45) is 11.5 Å². The molecule has 0 rings (SSSR count). The average Bonchev–Trinajstić information content (AvgIpc) is 1.71. The highest BCUT2D eigenvalue weighted by Gasteiger charge is 1.65. The van der Waals surface area contributed by atoms with Crippen molar-refractivity contribution < 1.29 is 9.90 Å². The molecule has 0 aliphatic heterocycles. The van der Waals surface area contributed by atoms with Crippen molar-refractivity contribution in [1.82, 2.24) is 0 Å². The van der Waals surface area contributed by atoms with Gasteiger partial charge in [-0.15, -0.1) is 0 Å². The van der Waals surface area contributed by atoms with Crippen molar-refractivity contribution in [2.75, 3.05) is 7.05 Å². The molecular weight excluding hydrogens is 122 g/mol. The fourth-order valence-electron chi connectivity index (χ4n) is 0. The van der Waals surface area contributed by atoms with Crippen molar-refractivity contribution in [3.63, 3.8) is 0 Å². The highest BCUT2D eigenvalue weighted by molar-refractivity contribution is 5.62. The second-order valence-electron chi connectivity index (χ2n) is 0.686. The van der Waals surface area contributed by atoms with Gasteiger partial charge in [0, 0.05) is 6.92 Å². The summed E-state index contributed by atoms with van der Waals surface area (Å²) >= 11 is 0. The van der Waals surface area contributed by atoms with E-state index in [9.17, 15) is 0 Å². The number of aliphatic carboxylic acids is 1. The van der Waals surface area contributed by atoms with Gasteiger partial charge in [0.25, 0.3) is 5.97 Å². The Kier molecular flexibility index (Phi) is 49.7. The van der Waals surface area contributed by atoms with Crippen LogP contribution < -0.4 is 11.5 Å². The summed E-state index contributed by atoms with van der Waals surface area (Å²) in [6.45, 7) is 1.08. The predicted molar refractivity (Wildman–Crippen MR) is 36.4 cm³/mol. The van der Waals surface area contributed by atoms with Crippen LogP contribution in [0.1, 0.15) is 6.92 Å². The van der Waals surface area contributed by atoms with Crippen molar-refractivity contribution in [3.8, 4) is 0 Å². The number of nitrogens with two attached hydrogens (primary N) is 2. The van der Waals surface area contributed by atoms with Crippen molar-refractivity contribution in [3.05, 3.63) is 0 Å². The summed E-state index contributed by atoms with van der Waals surface area (Å²) in [7, 11) is 1.50. The van der Waals surface area contributed by atoms with Crippen LogP contribution in [0.2, 0.25) is 0 Å². The molecule has 9 heavy (non-hydrogen) atoms. The monoisotopic (exact) mass is 135 g/mol. The van der Waals surface area contributed by atoms with Gasteiger partial charge >= 0.3 is 0 Å². The van der Waals surface area contributed by atoms with Gasteiger partial charge in [0.2, 0.25) is 0 Å². The summed E-state index contributed by atoms with van der Waals surface area (Å²) in [5.74, 6) is -0.833. The first-order chi connectivity index (χ1) is 4.15. The molecule has 0 atom stereocenters. The lowest BCUT2D eigenvalue weighted by Crippen LogP contribution is -1.81. The molecule has 0 saturated heterocycles. The number of carboxylic acids is 1. The van der Waals surface area contributed by atoms with Crippen LogP contribution in [0.25, 0.3) is 0 Å². The smallest absolute Gasteiger partial charge is 0.300 e. The molecule has 0 spiro atoms. The zero-order valence-corrected chi connectivity index (χ0v) is 5.59. The quantitative estimate of drug-likeness (QED) is 0.257. The molecule has 5 heteroatoms. The molecule has 0 fully saturated rings. The zero-order chi connectivity index (χ0) is 8.28. The molecule has 0 radical (unpaired) electrons. The van der Waals surface area contributed by atoms with Gasteiger partial charge in [0.05, 0.1) is 6.34 Å². The molecule has 0 bridgehead atoms. The third-order valence-corrected chi connectivity index (χ3v) is 0. The average molecular weight is 135 g/mol. The van der Waals surface area contributed by atoms with Crippen LogP contribution in [-0.4, -0.2) is 24.5 Å². The maximum absolute atomic E-state index is 9.00. The SMILES string of the molecule is CC(=O)O.CN.N=CN. The first kappa shape index (κ1) is 15.7. The predicted octanol–water partition coefficient (Wildman–Crippen LogP) is -0.782. The Labute approximate surface area is 54.2 Å². The Balaban J connectivity index is -0.0000000646. The van der Waals surface area contributed by atoms with Gasteiger partial charge in [-0.1, -0.05) is 0 Å². The van der Waals surface area contributed by atoms with E-state index >= 15 is 0 Å². The van der Waals surface area contributed by atoms with E-state index in [2.05, 4.69) is 11.5 Å². The second kappa shape index (κ2) is 28.6. The van der Waals surface area contributed by atoms with Crippen molar-refractivity contribution >= 4 is 12.3 Å². The first-order valence-electron chi connectivity index (χ1n) is 2.13. The Bertz CT molecular complexity index is 60.8. The maximum atomic E-state index is 9.00. The summed E-state index contributed by atoms with van der Waals surface area (Å²) < 4.78 is 0. The molecule has 0 amide bonds. The lowest BCUT2D eigenvalue weighted by molar-refractivity contribution is -0.134. The summed E-state index contributed by atoms with van der Waals surface area (Å²) in [4.78, 5) is 9.00. The summed E-state index contributed by atoms with van der Waals surface area (Å²) in [5, 5.41) is 13.3. The lowest BCUT2D eigenvalue weighted by Gasteiger charge is -1.59. The molecule has 0 unspecified atom stereocenters. The first-order valence-corrected chi connectivity index (χ1v) is 2.13. The second-order valence-corrected chi connectivity index (χ2v) is 0.686. The summed E-state index contributed by atoms with van der Waals surface area (Å²) in [6, 6.07) is 0. The Hall–Kier alpha value is -1.10. The van der Waals surface area contributed by atoms with Gasteiger partial charge in [-0.05, 0) is 7.05 Å². The van der Waals surface area contributed by atoms with Crippen LogP contribution in [0.5, 0.6) is 0 Å². The van der Waals surface area contributed by atoms with Gasteiger partial charge in [-0.2, -0.15) is 0 Å². The lowest BCUT2D eigenvalue weighted by atomic mass is 10.9. The molecule has 0 aromatic rings. The molecule has 0 heterocycles. The Morgan fingerprint density at radius 2 is 1.67 bits per heavy atom. The minimum absolute atomic E-state index is 0.750. The van der Waals surface area contributed by atoms with E-state index in [-0.39, 0.29) is 0 Å². The van der Waals surface area contributed by atoms with E-state index in [1.165, 1.54) is 7.05 Å².